The molecule has 0 amide bonds. The molecule has 0 fully saturated rings. The SMILES string of the molecule is CCNCc1cc(S(=O)(=O)N(C)CC(C)C)c(Br)o1. The van der Waals surface area contributed by atoms with Gasteiger partial charge in [0.1, 0.15) is 10.7 Å². The summed E-state index contributed by atoms with van der Waals surface area (Å²) < 4.78 is 31.8. The maximum absolute atomic E-state index is 12.4. The Bertz CT molecular complexity index is 511. The van der Waals surface area contributed by atoms with Crippen molar-refractivity contribution in [1.82, 2.24) is 9.62 Å². The van der Waals surface area contributed by atoms with Crippen LogP contribution in [-0.4, -0.2) is 32.9 Å². The van der Waals surface area contributed by atoms with E-state index < -0.39 is 10.0 Å². The Morgan fingerprint density at radius 3 is 2.63 bits per heavy atom. The van der Waals surface area contributed by atoms with E-state index in [-0.39, 0.29) is 15.5 Å². The second kappa shape index (κ2) is 6.88. The van der Waals surface area contributed by atoms with Gasteiger partial charge in [-0.3, -0.25) is 0 Å². The smallest absolute Gasteiger partial charge is 0.247 e. The predicted octanol–water partition coefficient (Wildman–Crippen LogP) is 2.43. The molecule has 0 aromatic carbocycles. The molecular weight excluding hydrogens is 332 g/mol. The molecule has 1 heterocycles. The lowest BCUT2D eigenvalue weighted by Gasteiger charge is -2.18. The van der Waals surface area contributed by atoms with Crippen molar-refractivity contribution in [2.75, 3.05) is 20.1 Å². The van der Waals surface area contributed by atoms with Gasteiger partial charge < -0.3 is 9.73 Å². The molecule has 0 aliphatic rings. The van der Waals surface area contributed by atoms with E-state index in [1.807, 2.05) is 20.8 Å². The Labute approximate surface area is 123 Å². The van der Waals surface area contributed by atoms with Crippen molar-refractivity contribution < 1.29 is 12.8 Å². The van der Waals surface area contributed by atoms with E-state index in [2.05, 4.69) is 21.2 Å². The first-order chi connectivity index (χ1) is 8.78. The largest absolute Gasteiger partial charge is 0.452 e. The molecule has 1 aromatic heterocycles. The standard InChI is InChI=1S/C12H21BrN2O3S/c1-5-14-7-10-6-11(12(13)18-10)19(16,17)15(4)8-9(2)3/h6,9,14H,5,7-8H2,1-4H3. The first-order valence-electron chi connectivity index (χ1n) is 6.24. The lowest BCUT2D eigenvalue weighted by Crippen LogP contribution is -2.30. The minimum Gasteiger partial charge on any atom is -0.452 e. The summed E-state index contributed by atoms with van der Waals surface area (Å²) in [5.41, 5.74) is 0. The average Bonchev–Trinajstić information content (AvgIpc) is 2.67. The molecule has 0 atom stereocenters. The minimum absolute atomic E-state index is 0.184. The summed E-state index contributed by atoms with van der Waals surface area (Å²) in [6.07, 6.45) is 0. The third-order valence-electron chi connectivity index (χ3n) is 2.57. The molecule has 7 heteroatoms. The zero-order valence-corrected chi connectivity index (χ0v) is 14.1. The van der Waals surface area contributed by atoms with Crippen molar-refractivity contribution >= 4 is 26.0 Å². The van der Waals surface area contributed by atoms with Crippen LogP contribution < -0.4 is 5.32 Å². The van der Waals surface area contributed by atoms with Gasteiger partial charge in [0.25, 0.3) is 0 Å². The Kier molecular flexibility index (Phi) is 6.04. The van der Waals surface area contributed by atoms with Gasteiger partial charge in [-0.25, -0.2) is 12.7 Å². The maximum Gasteiger partial charge on any atom is 0.247 e. The molecule has 0 spiro atoms. The molecule has 0 saturated heterocycles. The summed E-state index contributed by atoms with van der Waals surface area (Å²) >= 11 is 3.18. The number of furan rings is 1. The number of hydrogen-bond acceptors (Lipinski definition) is 4. The fraction of sp³-hybridized carbons (Fsp3) is 0.667. The Morgan fingerprint density at radius 2 is 2.11 bits per heavy atom. The van der Waals surface area contributed by atoms with Crippen molar-refractivity contribution in [2.45, 2.75) is 32.2 Å². The molecule has 0 unspecified atom stereocenters. The summed E-state index contributed by atoms with van der Waals surface area (Å²) in [4.78, 5) is 0.184. The zero-order valence-electron chi connectivity index (χ0n) is 11.7. The molecule has 0 radical (unpaired) electrons. The highest BCUT2D eigenvalue weighted by molar-refractivity contribution is 9.10. The van der Waals surface area contributed by atoms with Gasteiger partial charge in [-0.15, -0.1) is 0 Å². The quantitative estimate of drug-likeness (QED) is 0.818. The van der Waals surface area contributed by atoms with Gasteiger partial charge in [0.05, 0.1) is 6.54 Å². The van der Waals surface area contributed by atoms with Crippen molar-refractivity contribution in [3.05, 3.63) is 16.5 Å². The second-order valence-electron chi connectivity index (χ2n) is 4.81. The summed E-state index contributed by atoms with van der Waals surface area (Å²) in [7, 11) is -1.92. The first-order valence-corrected chi connectivity index (χ1v) is 8.47. The molecule has 5 nitrogen and oxygen atoms in total. The fourth-order valence-corrected chi connectivity index (χ4v) is 3.98. The lowest BCUT2D eigenvalue weighted by atomic mass is 10.2. The zero-order chi connectivity index (χ0) is 14.6. The molecule has 1 N–H and O–H groups in total. The van der Waals surface area contributed by atoms with Gasteiger partial charge in [-0.1, -0.05) is 20.8 Å². The van der Waals surface area contributed by atoms with Gasteiger partial charge >= 0.3 is 0 Å². The number of halogens is 1. The molecule has 1 rings (SSSR count). The Hall–Kier alpha value is -0.370. The van der Waals surface area contributed by atoms with Gasteiger partial charge in [-0.2, -0.15) is 0 Å². The van der Waals surface area contributed by atoms with Crippen LogP contribution in [0, 0.1) is 5.92 Å². The van der Waals surface area contributed by atoms with E-state index in [0.717, 1.165) is 6.54 Å². The van der Waals surface area contributed by atoms with Crippen LogP contribution in [0.3, 0.4) is 0 Å². The predicted molar refractivity (Wildman–Crippen MR) is 78.4 cm³/mol. The van der Waals surface area contributed by atoms with E-state index in [1.165, 1.54) is 4.31 Å². The van der Waals surface area contributed by atoms with Crippen molar-refractivity contribution in [2.24, 2.45) is 5.92 Å². The number of nitrogens with zero attached hydrogens (tertiary/aromatic N) is 1. The van der Waals surface area contributed by atoms with Crippen LogP contribution in [0.5, 0.6) is 0 Å². The molecule has 0 saturated carbocycles. The second-order valence-corrected chi connectivity index (χ2v) is 7.54. The number of nitrogens with one attached hydrogen (secondary N) is 1. The lowest BCUT2D eigenvalue weighted by molar-refractivity contribution is 0.414. The molecule has 0 aliphatic carbocycles. The van der Waals surface area contributed by atoms with E-state index >= 15 is 0 Å². The number of hydrogen-bond donors (Lipinski definition) is 1. The van der Waals surface area contributed by atoms with E-state index in [9.17, 15) is 8.42 Å². The summed E-state index contributed by atoms with van der Waals surface area (Å²) in [6.45, 7) is 7.72. The Balaban J connectivity index is 2.98. The highest BCUT2D eigenvalue weighted by atomic mass is 79.9. The minimum atomic E-state index is -3.50. The Morgan fingerprint density at radius 1 is 1.47 bits per heavy atom. The van der Waals surface area contributed by atoms with Crippen LogP contribution in [0.2, 0.25) is 0 Å². The summed E-state index contributed by atoms with van der Waals surface area (Å²) in [6, 6.07) is 1.57. The van der Waals surface area contributed by atoms with E-state index in [4.69, 9.17) is 4.42 Å². The number of sulfonamides is 1. The number of rotatable bonds is 7. The van der Waals surface area contributed by atoms with Crippen molar-refractivity contribution in [3.8, 4) is 0 Å². The highest BCUT2D eigenvalue weighted by Gasteiger charge is 2.27. The van der Waals surface area contributed by atoms with Crippen molar-refractivity contribution in [3.63, 3.8) is 0 Å². The third-order valence-corrected chi connectivity index (χ3v) is 5.25. The molecule has 19 heavy (non-hydrogen) atoms. The van der Waals surface area contributed by atoms with E-state index in [0.29, 0.717) is 18.8 Å². The molecular formula is C12H21BrN2O3S. The maximum atomic E-state index is 12.4. The van der Waals surface area contributed by atoms with Crippen LogP contribution in [0.1, 0.15) is 26.5 Å². The topological polar surface area (TPSA) is 62.6 Å². The van der Waals surface area contributed by atoms with Crippen LogP contribution in [0.4, 0.5) is 0 Å². The summed E-state index contributed by atoms with van der Waals surface area (Å²) in [5, 5.41) is 3.09. The van der Waals surface area contributed by atoms with Crippen molar-refractivity contribution in [1.29, 1.82) is 0 Å². The molecule has 1 aromatic rings. The highest BCUT2D eigenvalue weighted by Crippen LogP contribution is 2.28. The fourth-order valence-electron chi connectivity index (χ4n) is 1.69. The van der Waals surface area contributed by atoms with Gasteiger partial charge in [-0.05, 0) is 28.4 Å². The van der Waals surface area contributed by atoms with Gasteiger partial charge in [0.2, 0.25) is 10.0 Å². The molecule has 0 aliphatic heterocycles. The third kappa shape index (κ3) is 4.30. The van der Waals surface area contributed by atoms with Gasteiger partial charge in [0, 0.05) is 19.7 Å². The monoisotopic (exact) mass is 352 g/mol. The average molecular weight is 353 g/mol. The first kappa shape index (κ1) is 16.7. The van der Waals surface area contributed by atoms with Crippen LogP contribution in [0.25, 0.3) is 0 Å². The van der Waals surface area contributed by atoms with Crippen LogP contribution in [0.15, 0.2) is 20.0 Å². The van der Waals surface area contributed by atoms with Crippen LogP contribution in [-0.2, 0) is 16.6 Å². The van der Waals surface area contributed by atoms with Crippen LogP contribution >= 0.6 is 15.9 Å². The van der Waals surface area contributed by atoms with Gasteiger partial charge in [0.15, 0.2) is 4.67 Å². The van der Waals surface area contributed by atoms with E-state index in [1.54, 1.807) is 13.1 Å². The molecule has 110 valence electrons. The molecule has 0 bridgehead atoms. The summed E-state index contributed by atoms with van der Waals surface area (Å²) in [5.74, 6) is 0.872. The normalized spacial score (nSPS) is 12.6.